The Balaban J connectivity index is 1.91. The highest BCUT2D eigenvalue weighted by molar-refractivity contribution is 7.51. The number of nitrogens with one attached hydrogen (secondary N) is 2. The molecule has 0 aliphatic carbocycles. The minimum absolute atomic E-state index is 0.0176. The lowest BCUT2D eigenvalue weighted by atomic mass is 10.0. The summed E-state index contributed by atoms with van der Waals surface area (Å²) in [7, 11) is -2.50. The van der Waals surface area contributed by atoms with Gasteiger partial charge >= 0.3 is 13.3 Å². The fraction of sp³-hybridized carbons (Fsp3) is 0.588. The number of nitrogens with zero attached hydrogens (tertiary/aromatic N) is 1. The zero-order chi connectivity index (χ0) is 22.8. The smallest absolute Gasteiger partial charge is 0.330 e. The molecule has 5 atom stereocenters. The molecule has 31 heavy (non-hydrogen) atoms. The van der Waals surface area contributed by atoms with E-state index in [4.69, 9.17) is 24.5 Å². The largest absolute Gasteiger partial charge is 0.381 e. The number of ether oxygens (including phenoxy) is 3. The Morgan fingerprint density at radius 2 is 2.29 bits per heavy atom. The molecular weight excluding hydrogens is 435 g/mol. The maximum Gasteiger partial charge on any atom is 0.330 e. The molecule has 0 saturated carbocycles. The van der Waals surface area contributed by atoms with E-state index in [1.807, 2.05) is 0 Å². The highest BCUT2D eigenvalue weighted by Crippen LogP contribution is 2.52. The van der Waals surface area contributed by atoms with Crippen LogP contribution in [0.25, 0.3) is 0 Å². The summed E-state index contributed by atoms with van der Waals surface area (Å²) in [6.45, 7) is 0.798. The van der Waals surface area contributed by atoms with Crippen LogP contribution >= 0.6 is 7.60 Å². The van der Waals surface area contributed by atoms with Crippen LogP contribution in [-0.4, -0.2) is 78.2 Å². The van der Waals surface area contributed by atoms with Gasteiger partial charge in [-0.1, -0.05) is 11.8 Å². The molecule has 13 nitrogen and oxygen atoms in total. The minimum Gasteiger partial charge on any atom is -0.381 e. The van der Waals surface area contributed by atoms with Crippen LogP contribution in [0.5, 0.6) is 0 Å². The molecule has 2 aliphatic rings. The number of aromatic nitrogens is 2. The van der Waals surface area contributed by atoms with Gasteiger partial charge in [0, 0.05) is 20.0 Å². The third-order valence-electron chi connectivity index (χ3n) is 4.70. The lowest BCUT2D eigenvalue weighted by molar-refractivity contribution is -0.190. The van der Waals surface area contributed by atoms with Crippen molar-refractivity contribution in [2.24, 2.45) is 5.73 Å². The number of amides is 1. The number of hydrogen-bond donors (Lipinski definition) is 4. The lowest BCUT2D eigenvalue weighted by Crippen LogP contribution is -2.46. The predicted molar refractivity (Wildman–Crippen MR) is 105 cm³/mol. The zero-order valence-corrected chi connectivity index (χ0v) is 17.7. The van der Waals surface area contributed by atoms with Crippen molar-refractivity contribution >= 4 is 13.5 Å². The van der Waals surface area contributed by atoms with Gasteiger partial charge in [-0.25, -0.2) is 4.79 Å². The molecular formula is C17H23N4O9P. The van der Waals surface area contributed by atoms with Gasteiger partial charge in [0.05, 0.1) is 26.3 Å². The van der Waals surface area contributed by atoms with Gasteiger partial charge in [0.2, 0.25) is 5.91 Å². The molecule has 0 aromatic carbocycles. The van der Waals surface area contributed by atoms with E-state index in [9.17, 15) is 23.8 Å². The first kappa shape index (κ1) is 23.4. The summed E-state index contributed by atoms with van der Waals surface area (Å²) in [5.74, 6) is 4.74. The molecule has 2 saturated heterocycles. The van der Waals surface area contributed by atoms with Gasteiger partial charge in [0.1, 0.15) is 23.4 Å². The molecule has 2 aliphatic heterocycles. The topological polar surface area (TPSA) is 184 Å². The SMILES string of the molecule is COC[C@@]12COC([C@H](n3cc(C#CCNC(=O)CN)c(=O)[nH]c3=O)O1)[C@H]2OP(C)(=O)O. The van der Waals surface area contributed by atoms with E-state index in [-0.39, 0.29) is 31.9 Å². The molecule has 170 valence electrons. The third-order valence-corrected chi connectivity index (χ3v) is 5.31. The summed E-state index contributed by atoms with van der Waals surface area (Å²) in [6.07, 6.45) is -1.78. The predicted octanol–water partition coefficient (Wildman–Crippen LogP) is -2.52. The standard InChI is InChI=1S/C17H23N4O9P/c1-27-8-17-9-28-12(13(17)30-31(2,25)26)15(29-17)21-7-10(14(23)20-16(21)24)4-3-5-19-11(22)6-18/h7,12-13,15H,5-6,8-9,18H2,1-2H3,(H,19,22)(H,25,26)(H,20,23,24)/t12?,13-,15-,17+/m1/s1. The molecule has 0 spiro atoms. The lowest BCUT2D eigenvalue weighted by Gasteiger charge is -2.31. The van der Waals surface area contributed by atoms with Gasteiger partial charge in [-0.2, -0.15) is 0 Å². The van der Waals surface area contributed by atoms with Gasteiger partial charge in [-0.3, -0.25) is 28.2 Å². The van der Waals surface area contributed by atoms with Crippen molar-refractivity contribution in [3.05, 3.63) is 32.6 Å². The van der Waals surface area contributed by atoms with Crippen LogP contribution in [-0.2, 0) is 28.1 Å². The Bertz CT molecular complexity index is 1070. The Morgan fingerprint density at radius 1 is 1.55 bits per heavy atom. The van der Waals surface area contributed by atoms with Crippen molar-refractivity contribution in [2.45, 2.75) is 24.0 Å². The van der Waals surface area contributed by atoms with Crippen molar-refractivity contribution < 1.29 is 33.0 Å². The minimum atomic E-state index is -3.92. The Morgan fingerprint density at radius 3 is 2.94 bits per heavy atom. The number of hydrogen-bond acceptors (Lipinski definition) is 9. The maximum atomic E-state index is 12.4. The molecule has 14 heteroatoms. The zero-order valence-electron chi connectivity index (χ0n) is 16.8. The van der Waals surface area contributed by atoms with E-state index < -0.39 is 48.8 Å². The van der Waals surface area contributed by atoms with Crippen molar-refractivity contribution in [3.8, 4) is 11.8 Å². The first-order valence-corrected chi connectivity index (χ1v) is 11.2. The highest BCUT2D eigenvalue weighted by Gasteiger charge is 2.64. The highest BCUT2D eigenvalue weighted by atomic mass is 31.2. The molecule has 3 rings (SSSR count). The van der Waals surface area contributed by atoms with Crippen LogP contribution in [0.1, 0.15) is 11.8 Å². The monoisotopic (exact) mass is 458 g/mol. The van der Waals surface area contributed by atoms with Crippen LogP contribution in [0.15, 0.2) is 15.8 Å². The van der Waals surface area contributed by atoms with Gasteiger partial charge < -0.3 is 30.2 Å². The molecule has 0 radical (unpaired) electrons. The maximum absolute atomic E-state index is 12.4. The molecule has 5 N–H and O–H groups in total. The molecule has 3 heterocycles. The first-order chi connectivity index (χ1) is 14.6. The van der Waals surface area contributed by atoms with E-state index in [2.05, 4.69) is 22.1 Å². The second-order valence-corrected chi connectivity index (χ2v) is 8.92. The number of carbonyl (C=O) groups is 1. The number of H-pyrrole nitrogens is 1. The molecule has 2 fully saturated rings. The summed E-state index contributed by atoms with van der Waals surface area (Å²) >= 11 is 0. The van der Waals surface area contributed by atoms with Crippen LogP contribution < -0.4 is 22.3 Å². The van der Waals surface area contributed by atoms with Crippen molar-refractivity contribution in [3.63, 3.8) is 0 Å². The number of nitrogens with two attached hydrogens (primary N) is 1. The van der Waals surface area contributed by atoms with E-state index in [1.165, 1.54) is 13.3 Å². The molecule has 1 aromatic heterocycles. The van der Waals surface area contributed by atoms with Crippen LogP contribution in [0.3, 0.4) is 0 Å². The average Bonchev–Trinajstić information content (AvgIpc) is 3.16. The Kier molecular flexibility index (Phi) is 6.82. The molecule has 1 aromatic rings. The normalized spacial score (nSPS) is 28.6. The third kappa shape index (κ3) is 4.97. The summed E-state index contributed by atoms with van der Waals surface area (Å²) in [6, 6.07) is 0. The number of fused-ring (bicyclic) bond motifs is 2. The van der Waals surface area contributed by atoms with Crippen LogP contribution in [0, 0.1) is 11.8 Å². The summed E-state index contributed by atoms with van der Waals surface area (Å²) < 4.78 is 35.1. The number of methoxy groups -OCH3 is 1. The summed E-state index contributed by atoms with van der Waals surface area (Å²) in [4.78, 5) is 47.5. The average molecular weight is 458 g/mol. The van der Waals surface area contributed by atoms with Gasteiger partial charge in [0.25, 0.3) is 5.56 Å². The van der Waals surface area contributed by atoms with Gasteiger partial charge in [-0.15, -0.1) is 0 Å². The van der Waals surface area contributed by atoms with Crippen molar-refractivity contribution in [1.29, 1.82) is 0 Å². The summed E-state index contributed by atoms with van der Waals surface area (Å²) in [5, 5.41) is 2.43. The first-order valence-electron chi connectivity index (χ1n) is 9.18. The van der Waals surface area contributed by atoms with Crippen LogP contribution in [0.4, 0.5) is 0 Å². The Hall–Kier alpha value is -2.30. The van der Waals surface area contributed by atoms with Gasteiger partial charge in [-0.05, 0) is 0 Å². The number of rotatable bonds is 7. The molecule has 1 amide bonds. The van der Waals surface area contributed by atoms with E-state index in [0.29, 0.717) is 0 Å². The fourth-order valence-corrected chi connectivity index (χ4v) is 4.18. The van der Waals surface area contributed by atoms with E-state index in [0.717, 1.165) is 11.2 Å². The quantitative estimate of drug-likeness (QED) is 0.251. The fourth-order valence-electron chi connectivity index (χ4n) is 3.45. The van der Waals surface area contributed by atoms with Crippen molar-refractivity contribution in [2.75, 3.05) is 40.1 Å². The van der Waals surface area contributed by atoms with Gasteiger partial charge in [0.15, 0.2) is 6.23 Å². The summed E-state index contributed by atoms with van der Waals surface area (Å²) in [5.41, 5.74) is 2.38. The molecule has 2 unspecified atom stereocenters. The second kappa shape index (κ2) is 9.05. The second-order valence-electron chi connectivity index (χ2n) is 7.10. The number of aromatic amines is 1. The Labute approximate surface area is 176 Å². The van der Waals surface area contributed by atoms with E-state index in [1.54, 1.807) is 0 Å². The van der Waals surface area contributed by atoms with E-state index >= 15 is 0 Å². The number of carbonyl (C=O) groups excluding carboxylic acids is 1. The molecule has 2 bridgehead atoms. The van der Waals surface area contributed by atoms with Crippen LogP contribution in [0.2, 0.25) is 0 Å². The van der Waals surface area contributed by atoms with Crippen molar-refractivity contribution in [1.82, 2.24) is 14.9 Å².